The maximum atomic E-state index is 5.33. The minimum Gasteiger partial charge on any atom is -0.341 e. The number of hydrogen-bond acceptors (Lipinski definition) is 6. The van der Waals surface area contributed by atoms with Crippen molar-refractivity contribution in [1.82, 2.24) is 30.4 Å². The molecule has 0 atom stereocenters. The topological polar surface area (TPSA) is 92.5 Å². The third-order valence-corrected chi connectivity index (χ3v) is 3.71. The summed E-state index contributed by atoms with van der Waals surface area (Å²) in [6.45, 7) is 3.76. The predicted octanol–water partition coefficient (Wildman–Crippen LogP) is 1.90. The SMILES string of the molecule is Cc1ncc2c(c1-c1noc(-c3cnc[nH]3)n1)CCNC2.Cl. The van der Waals surface area contributed by atoms with Crippen LogP contribution >= 0.6 is 12.4 Å². The van der Waals surface area contributed by atoms with Crippen LogP contribution in [0.2, 0.25) is 0 Å². The number of nitrogens with one attached hydrogen (secondary N) is 2. The van der Waals surface area contributed by atoms with Gasteiger partial charge in [-0.15, -0.1) is 12.4 Å². The third kappa shape index (κ3) is 2.38. The van der Waals surface area contributed by atoms with E-state index in [-0.39, 0.29) is 12.4 Å². The first-order valence-corrected chi connectivity index (χ1v) is 6.84. The first-order chi connectivity index (χ1) is 10.3. The molecule has 0 aromatic carbocycles. The summed E-state index contributed by atoms with van der Waals surface area (Å²) in [7, 11) is 0. The summed E-state index contributed by atoms with van der Waals surface area (Å²) < 4.78 is 5.33. The third-order valence-electron chi connectivity index (χ3n) is 3.71. The molecule has 0 saturated heterocycles. The number of rotatable bonds is 2. The molecule has 0 spiro atoms. The number of aromatic amines is 1. The average molecular weight is 319 g/mol. The van der Waals surface area contributed by atoms with Crippen LogP contribution in [0.25, 0.3) is 23.0 Å². The lowest BCUT2D eigenvalue weighted by Crippen LogP contribution is -2.24. The number of fused-ring (bicyclic) bond motifs is 1. The summed E-state index contributed by atoms with van der Waals surface area (Å²) in [5.41, 5.74) is 5.09. The normalized spacial score (nSPS) is 13.5. The molecule has 0 aliphatic carbocycles. The quantitative estimate of drug-likeness (QED) is 0.749. The number of aryl methyl sites for hydroxylation is 1. The Hall–Kier alpha value is -2.25. The highest BCUT2D eigenvalue weighted by Gasteiger charge is 2.21. The average Bonchev–Trinajstić information content (AvgIpc) is 3.18. The van der Waals surface area contributed by atoms with Gasteiger partial charge in [0.05, 0.1) is 12.5 Å². The molecular formula is C14H15ClN6O. The lowest BCUT2D eigenvalue weighted by atomic mass is 9.95. The monoisotopic (exact) mass is 318 g/mol. The van der Waals surface area contributed by atoms with Gasteiger partial charge < -0.3 is 14.8 Å². The van der Waals surface area contributed by atoms with Gasteiger partial charge in [-0.1, -0.05) is 5.16 Å². The minimum atomic E-state index is 0. The fraction of sp³-hybridized carbons (Fsp3) is 0.286. The lowest BCUT2D eigenvalue weighted by Gasteiger charge is -2.19. The van der Waals surface area contributed by atoms with E-state index in [1.54, 1.807) is 12.5 Å². The maximum Gasteiger partial charge on any atom is 0.276 e. The molecular weight excluding hydrogens is 304 g/mol. The van der Waals surface area contributed by atoms with Crippen molar-refractivity contribution in [3.05, 3.63) is 35.5 Å². The maximum absolute atomic E-state index is 5.33. The Labute approximate surface area is 133 Å². The van der Waals surface area contributed by atoms with Gasteiger partial charge in [0.25, 0.3) is 5.89 Å². The van der Waals surface area contributed by atoms with Crippen molar-refractivity contribution >= 4 is 12.4 Å². The molecule has 4 heterocycles. The van der Waals surface area contributed by atoms with E-state index in [4.69, 9.17) is 4.52 Å². The number of hydrogen-bond donors (Lipinski definition) is 2. The number of pyridine rings is 1. The molecule has 114 valence electrons. The van der Waals surface area contributed by atoms with E-state index in [1.807, 2.05) is 13.1 Å². The van der Waals surface area contributed by atoms with Crippen molar-refractivity contribution in [1.29, 1.82) is 0 Å². The fourth-order valence-corrected chi connectivity index (χ4v) is 2.67. The van der Waals surface area contributed by atoms with Crippen LogP contribution in [0.5, 0.6) is 0 Å². The Bertz CT molecular complexity index is 783. The van der Waals surface area contributed by atoms with Gasteiger partial charge in [-0.05, 0) is 31.0 Å². The molecule has 0 radical (unpaired) electrons. The van der Waals surface area contributed by atoms with Crippen molar-refractivity contribution in [2.75, 3.05) is 6.54 Å². The number of H-pyrrole nitrogens is 1. The first kappa shape index (κ1) is 14.7. The highest BCUT2D eigenvalue weighted by molar-refractivity contribution is 5.85. The van der Waals surface area contributed by atoms with Gasteiger partial charge in [0.1, 0.15) is 5.69 Å². The van der Waals surface area contributed by atoms with Gasteiger partial charge in [-0.3, -0.25) is 4.98 Å². The molecule has 0 unspecified atom stereocenters. The summed E-state index contributed by atoms with van der Waals surface area (Å²) >= 11 is 0. The Balaban J connectivity index is 0.00000144. The van der Waals surface area contributed by atoms with Crippen LogP contribution in [0.4, 0.5) is 0 Å². The van der Waals surface area contributed by atoms with Crippen LogP contribution in [0, 0.1) is 6.92 Å². The minimum absolute atomic E-state index is 0. The Morgan fingerprint density at radius 1 is 1.27 bits per heavy atom. The van der Waals surface area contributed by atoms with Gasteiger partial charge >= 0.3 is 0 Å². The summed E-state index contributed by atoms with van der Waals surface area (Å²) in [6, 6.07) is 0. The summed E-state index contributed by atoms with van der Waals surface area (Å²) in [5, 5.41) is 7.47. The van der Waals surface area contributed by atoms with Crippen LogP contribution in [-0.2, 0) is 13.0 Å². The van der Waals surface area contributed by atoms with Crippen LogP contribution in [0.15, 0.2) is 23.2 Å². The van der Waals surface area contributed by atoms with Gasteiger partial charge in [-0.2, -0.15) is 4.98 Å². The van der Waals surface area contributed by atoms with Crippen LogP contribution in [-0.4, -0.2) is 31.6 Å². The summed E-state index contributed by atoms with van der Waals surface area (Å²) in [5.74, 6) is 1.02. The molecule has 3 aromatic heterocycles. The molecule has 0 amide bonds. The van der Waals surface area contributed by atoms with Gasteiger partial charge in [0, 0.05) is 24.0 Å². The highest BCUT2D eigenvalue weighted by atomic mass is 35.5. The zero-order valence-corrected chi connectivity index (χ0v) is 12.8. The van der Waals surface area contributed by atoms with E-state index in [9.17, 15) is 0 Å². The number of imidazole rings is 1. The number of aromatic nitrogens is 5. The van der Waals surface area contributed by atoms with Gasteiger partial charge in [0.15, 0.2) is 0 Å². The largest absolute Gasteiger partial charge is 0.341 e. The van der Waals surface area contributed by atoms with Crippen molar-refractivity contribution in [2.24, 2.45) is 0 Å². The van der Waals surface area contributed by atoms with Crippen molar-refractivity contribution in [3.63, 3.8) is 0 Å². The Morgan fingerprint density at radius 3 is 3.00 bits per heavy atom. The summed E-state index contributed by atoms with van der Waals surface area (Å²) in [4.78, 5) is 15.9. The van der Waals surface area contributed by atoms with Gasteiger partial charge in [0.2, 0.25) is 5.82 Å². The second-order valence-corrected chi connectivity index (χ2v) is 5.04. The Morgan fingerprint density at radius 2 is 2.18 bits per heavy atom. The van der Waals surface area contributed by atoms with Crippen LogP contribution in [0.1, 0.15) is 16.8 Å². The summed E-state index contributed by atoms with van der Waals surface area (Å²) in [6.07, 6.45) is 6.12. The second kappa shape index (κ2) is 5.86. The molecule has 3 aromatic rings. The van der Waals surface area contributed by atoms with Crippen molar-refractivity contribution in [3.8, 4) is 23.0 Å². The molecule has 0 saturated carbocycles. The fourth-order valence-electron chi connectivity index (χ4n) is 2.67. The van der Waals surface area contributed by atoms with E-state index in [0.29, 0.717) is 17.4 Å². The van der Waals surface area contributed by atoms with Crippen molar-refractivity contribution < 1.29 is 4.52 Å². The van der Waals surface area contributed by atoms with E-state index < -0.39 is 0 Å². The van der Waals surface area contributed by atoms with Crippen LogP contribution in [0.3, 0.4) is 0 Å². The lowest BCUT2D eigenvalue weighted by molar-refractivity contribution is 0.431. The van der Waals surface area contributed by atoms with E-state index in [2.05, 4.69) is 30.4 Å². The predicted molar refractivity (Wildman–Crippen MR) is 82.5 cm³/mol. The van der Waals surface area contributed by atoms with Crippen molar-refractivity contribution in [2.45, 2.75) is 19.9 Å². The Kier molecular flexibility index (Phi) is 3.91. The first-order valence-electron chi connectivity index (χ1n) is 6.84. The molecule has 1 aliphatic rings. The van der Waals surface area contributed by atoms with Crippen LogP contribution < -0.4 is 5.32 Å². The molecule has 4 rings (SSSR count). The number of halogens is 1. The second-order valence-electron chi connectivity index (χ2n) is 5.04. The zero-order valence-electron chi connectivity index (χ0n) is 12.0. The molecule has 0 bridgehead atoms. The van der Waals surface area contributed by atoms with E-state index in [0.717, 1.165) is 30.8 Å². The standard InChI is InChI=1S/C14H14N6O.ClH/c1-8-12(10-2-3-15-4-9(10)5-17-8)13-19-14(21-20-13)11-6-16-7-18-11;/h5-7,15H,2-4H2,1H3,(H,16,18);1H. The van der Waals surface area contributed by atoms with E-state index in [1.165, 1.54) is 11.1 Å². The molecule has 2 N–H and O–H groups in total. The zero-order chi connectivity index (χ0) is 14.2. The van der Waals surface area contributed by atoms with Gasteiger partial charge in [-0.25, -0.2) is 4.98 Å². The molecule has 7 nitrogen and oxygen atoms in total. The highest BCUT2D eigenvalue weighted by Crippen LogP contribution is 2.29. The molecule has 1 aliphatic heterocycles. The smallest absolute Gasteiger partial charge is 0.276 e. The number of nitrogens with zero attached hydrogens (tertiary/aromatic N) is 4. The molecule has 22 heavy (non-hydrogen) atoms. The molecule has 8 heteroatoms. The van der Waals surface area contributed by atoms with E-state index >= 15 is 0 Å². The molecule has 0 fully saturated rings.